The first-order valence-electron chi connectivity index (χ1n) is 6.55. The van der Waals surface area contributed by atoms with Crippen LogP contribution in [-0.4, -0.2) is 50.5 Å². The van der Waals surface area contributed by atoms with E-state index in [9.17, 15) is 19.5 Å². The molecule has 5 N–H and O–H groups in total. The number of carboxylic acids is 1. The minimum Gasteiger partial charge on any atom is -0.480 e. The van der Waals surface area contributed by atoms with E-state index in [1.165, 1.54) is 11.2 Å². The fraction of sp³-hybridized carbons (Fsp3) is 0.500. The standard InChI is InChI=1S/C12H17N5O4/c13-10(18)2-1-3-14-12(21)17-5-8-7(15-6-16-8)4-9(17)11(19)20/h6,9H,1-5H2,(H2,13,18)(H,14,21)(H,15,16)(H,19,20). The van der Waals surface area contributed by atoms with Gasteiger partial charge >= 0.3 is 12.0 Å². The summed E-state index contributed by atoms with van der Waals surface area (Å²) < 4.78 is 0. The topological polar surface area (TPSA) is 141 Å². The third kappa shape index (κ3) is 3.50. The predicted octanol–water partition coefficient (Wildman–Crippen LogP) is -0.804. The van der Waals surface area contributed by atoms with Crippen LogP contribution in [0.3, 0.4) is 0 Å². The van der Waals surface area contributed by atoms with Crippen LogP contribution in [0.1, 0.15) is 24.2 Å². The molecule has 0 spiro atoms. The number of rotatable bonds is 5. The Bertz CT molecular complexity index is 556. The summed E-state index contributed by atoms with van der Waals surface area (Å²) in [6.07, 6.45) is 2.25. The van der Waals surface area contributed by atoms with Gasteiger partial charge in [0, 0.05) is 19.4 Å². The van der Waals surface area contributed by atoms with Crippen molar-refractivity contribution in [2.45, 2.75) is 31.8 Å². The van der Waals surface area contributed by atoms with Crippen molar-refractivity contribution in [3.8, 4) is 0 Å². The van der Waals surface area contributed by atoms with Crippen molar-refractivity contribution in [2.24, 2.45) is 5.73 Å². The first-order valence-corrected chi connectivity index (χ1v) is 6.55. The minimum absolute atomic E-state index is 0.161. The molecule has 1 aromatic heterocycles. The maximum absolute atomic E-state index is 12.1. The van der Waals surface area contributed by atoms with E-state index in [1.807, 2.05) is 0 Å². The molecule has 0 saturated carbocycles. The summed E-state index contributed by atoms with van der Waals surface area (Å²) in [7, 11) is 0. The van der Waals surface area contributed by atoms with Crippen molar-refractivity contribution in [2.75, 3.05) is 6.54 Å². The lowest BCUT2D eigenvalue weighted by atomic mass is 10.0. The van der Waals surface area contributed by atoms with Gasteiger partial charge < -0.3 is 26.0 Å². The lowest BCUT2D eigenvalue weighted by Gasteiger charge is -2.32. The first kappa shape index (κ1) is 14.8. The minimum atomic E-state index is -1.07. The fourth-order valence-corrected chi connectivity index (χ4v) is 2.23. The van der Waals surface area contributed by atoms with E-state index < -0.39 is 23.9 Å². The zero-order valence-corrected chi connectivity index (χ0v) is 11.3. The van der Waals surface area contributed by atoms with Crippen molar-refractivity contribution in [1.29, 1.82) is 0 Å². The number of carbonyl (C=O) groups is 3. The number of primary amides is 1. The molecule has 21 heavy (non-hydrogen) atoms. The number of carboxylic acid groups (broad SMARTS) is 1. The quantitative estimate of drug-likeness (QED) is 0.526. The Morgan fingerprint density at radius 2 is 2.29 bits per heavy atom. The summed E-state index contributed by atoms with van der Waals surface area (Å²) in [6, 6.07) is -1.43. The molecule has 0 saturated heterocycles. The van der Waals surface area contributed by atoms with Crippen LogP contribution < -0.4 is 11.1 Å². The Morgan fingerprint density at radius 1 is 1.52 bits per heavy atom. The number of aromatic nitrogens is 2. The van der Waals surface area contributed by atoms with E-state index >= 15 is 0 Å². The Labute approximate surface area is 120 Å². The number of fused-ring (bicyclic) bond motifs is 1. The van der Waals surface area contributed by atoms with Gasteiger partial charge in [-0.1, -0.05) is 0 Å². The van der Waals surface area contributed by atoms with Gasteiger partial charge in [-0.2, -0.15) is 0 Å². The molecule has 0 aromatic carbocycles. The predicted molar refractivity (Wildman–Crippen MR) is 71.1 cm³/mol. The Kier molecular flexibility index (Phi) is 4.41. The molecule has 2 rings (SSSR count). The molecule has 0 aliphatic carbocycles. The van der Waals surface area contributed by atoms with Crippen LogP contribution in [0.25, 0.3) is 0 Å². The Balaban J connectivity index is 1.97. The van der Waals surface area contributed by atoms with Crippen molar-refractivity contribution in [1.82, 2.24) is 20.2 Å². The Hall–Kier alpha value is -2.58. The van der Waals surface area contributed by atoms with Gasteiger partial charge in [0.05, 0.1) is 24.3 Å². The van der Waals surface area contributed by atoms with E-state index in [0.717, 1.165) is 5.69 Å². The molecule has 3 amide bonds. The summed E-state index contributed by atoms with van der Waals surface area (Å²) in [6.45, 7) is 0.425. The third-order valence-corrected chi connectivity index (χ3v) is 3.32. The highest BCUT2D eigenvalue weighted by Crippen LogP contribution is 2.20. The van der Waals surface area contributed by atoms with Gasteiger partial charge in [0.2, 0.25) is 5.91 Å². The van der Waals surface area contributed by atoms with E-state index in [1.54, 1.807) is 0 Å². The van der Waals surface area contributed by atoms with Crippen molar-refractivity contribution in [3.63, 3.8) is 0 Å². The number of hydrogen-bond acceptors (Lipinski definition) is 4. The summed E-state index contributed by atoms with van der Waals surface area (Å²) >= 11 is 0. The number of nitrogens with one attached hydrogen (secondary N) is 2. The van der Waals surface area contributed by atoms with Crippen LogP contribution in [0.5, 0.6) is 0 Å². The SMILES string of the molecule is NC(=O)CCCNC(=O)N1Cc2[nH]cnc2CC1C(=O)O. The van der Waals surface area contributed by atoms with Gasteiger partial charge in [-0.05, 0) is 6.42 Å². The van der Waals surface area contributed by atoms with Crippen molar-refractivity contribution in [3.05, 3.63) is 17.7 Å². The lowest BCUT2D eigenvalue weighted by Crippen LogP contribution is -2.52. The fourth-order valence-electron chi connectivity index (χ4n) is 2.23. The highest BCUT2D eigenvalue weighted by atomic mass is 16.4. The highest BCUT2D eigenvalue weighted by Gasteiger charge is 2.35. The van der Waals surface area contributed by atoms with Gasteiger partial charge in [0.15, 0.2) is 0 Å². The first-order chi connectivity index (χ1) is 9.99. The van der Waals surface area contributed by atoms with Gasteiger partial charge in [-0.25, -0.2) is 14.6 Å². The van der Waals surface area contributed by atoms with Crippen molar-refractivity contribution < 1.29 is 19.5 Å². The molecule has 0 radical (unpaired) electrons. The second kappa shape index (κ2) is 6.25. The lowest BCUT2D eigenvalue weighted by molar-refractivity contribution is -0.142. The molecular formula is C12H17N5O4. The maximum atomic E-state index is 12.1. The number of H-pyrrole nitrogens is 1. The number of aromatic amines is 1. The summed E-state index contributed by atoms with van der Waals surface area (Å²) in [5.74, 6) is -1.51. The van der Waals surface area contributed by atoms with Crippen LogP contribution in [-0.2, 0) is 22.6 Å². The molecule has 114 valence electrons. The number of imidazole rings is 1. The molecule has 9 heteroatoms. The molecular weight excluding hydrogens is 278 g/mol. The average molecular weight is 295 g/mol. The molecule has 1 aromatic rings. The number of hydrogen-bond donors (Lipinski definition) is 4. The molecule has 2 heterocycles. The molecule has 1 atom stereocenters. The van der Waals surface area contributed by atoms with E-state index in [4.69, 9.17) is 5.73 Å². The van der Waals surface area contributed by atoms with E-state index in [0.29, 0.717) is 12.1 Å². The number of aliphatic carboxylic acids is 1. The zero-order chi connectivity index (χ0) is 15.4. The maximum Gasteiger partial charge on any atom is 0.326 e. The number of amides is 3. The second-order valence-corrected chi connectivity index (χ2v) is 4.82. The second-order valence-electron chi connectivity index (χ2n) is 4.82. The smallest absolute Gasteiger partial charge is 0.326 e. The van der Waals surface area contributed by atoms with Crippen LogP contribution >= 0.6 is 0 Å². The van der Waals surface area contributed by atoms with Crippen LogP contribution in [0.4, 0.5) is 4.79 Å². The molecule has 9 nitrogen and oxygen atoms in total. The van der Waals surface area contributed by atoms with Crippen LogP contribution in [0.15, 0.2) is 6.33 Å². The van der Waals surface area contributed by atoms with Gasteiger partial charge in [-0.3, -0.25) is 4.79 Å². The van der Waals surface area contributed by atoms with Crippen LogP contribution in [0, 0.1) is 0 Å². The molecule has 0 bridgehead atoms. The zero-order valence-electron chi connectivity index (χ0n) is 11.3. The number of nitrogens with zero attached hydrogens (tertiary/aromatic N) is 2. The normalized spacial score (nSPS) is 17.1. The molecule has 1 unspecified atom stereocenters. The summed E-state index contributed by atoms with van der Waals surface area (Å²) in [4.78, 5) is 42.2. The van der Waals surface area contributed by atoms with E-state index in [-0.39, 0.29) is 25.9 Å². The molecule has 1 aliphatic rings. The van der Waals surface area contributed by atoms with Gasteiger partial charge in [0.1, 0.15) is 6.04 Å². The Morgan fingerprint density at radius 3 is 2.95 bits per heavy atom. The van der Waals surface area contributed by atoms with Gasteiger partial charge in [0.25, 0.3) is 0 Å². The van der Waals surface area contributed by atoms with E-state index in [2.05, 4.69) is 15.3 Å². The van der Waals surface area contributed by atoms with Crippen molar-refractivity contribution >= 4 is 17.9 Å². The number of nitrogens with two attached hydrogens (primary N) is 1. The average Bonchev–Trinajstić information content (AvgIpc) is 2.88. The highest BCUT2D eigenvalue weighted by molar-refractivity contribution is 5.83. The summed E-state index contributed by atoms with van der Waals surface area (Å²) in [5.41, 5.74) is 6.41. The summed E-state index contributed by atoms with van der Waals surface area (Å²) in [5, 5.41) is 11.8. The molecule has 1 aliphatic heterocycles. The monoisotopic (exact) mass is 295 g/mol. The third-order valence-electron chi connectivity index (χ3n) is 3.32. The van der Waals surface area contributed by atoms with Crippen LogP contribution in [0.2, 0.25) is 0 Å². The van der Waals surface area contributed by atoms with Gasteiger partial charge in [-0.15, -0.1) is 0 Å². The molecule has 0 fully saturated rings. The number of urea groups is 1. The largest absolute Gasteiger partial charge is 0.480 e. The number of carbonyl (C=O) groups excluding carboxylic acids is 2.